The van der Waals surface area contributed by atoms with E-state index in [1.165, 1.54) is 25.7 Å². The summed E-state index contributed by atoms with van der Waals surface area (Å²) in [5, 5.41) is 11.5. The minimum atomic E-state index is -0.0221. The first-order valence-corrected chi connectivity index (χ1v) is 8.89. The van der Waals surface area contributed by atoms with Crippen LogP contribution in [0.25, 0.3) is 16.9 Å². The van der Waals surface area contributed by atoms with Crippen molar-refractivity contribution in [1.82, 2.24) is 25.3 Å². The number of rotatable bonds is 3. The van der Waals surface area contributed by atoms with Gasteiger partial charge in [0.2, 0.25) is 0 Å². The standard InChI is InChI=1S/C19H21N5O/c25-19(21-15-8-3-1-2-4-9-15)14-7-5-10-16(13-14)24-18-17(22-23-24)11-6-12-20-18/h5-7,10-13,15H,1-4,8-9H2,(H,21,25). The van der Waals surface area contributed by atoms with E-state index in [4.69, 9.17) is 0 Å². The molecule has 2 heterocycles. The van der Waals surface area contributed by atoms with Crippen molar-refractivity contribution in [1.29, 1.82) is 0 Å². The van der Waals surface area contributed by atoms with Crippen LogP contribution in [0.4, 0.5) is 0 Å². The van der Waals surface area contributed by atoms with Gasteiger partial charge in [0, 0.05) is 17.8 Å². The van der Waals surface area contributed by atoms with Crippen molar-refractivity contribution in [3.8, 4) is 5.69 Å². The van der Waals surface area contributed by atoms with Crippen LogP contribution in [0.3, 0.4) is 0 Å². The fourth-order valence-electron chi connectivity index (χ4n) is 3.41. The molecule has 0 unspecified atom stereocenters. The number of hydrogen-bond donors (Lipinski definition) is 1. The van der Waals surface area contributed by atoms with Crippen LogP contribution in [0.15, 0.2) is 42.6 Å². The zero-order valence-electron chi connectivity index (χ0n) is 14.1. The summed E-state index contributed by atoms with van der Waals surface area (Å²) < 4.78 is 1.66. The number of aromatic nitrogens is 4. The molecule has 1 N–H and O–H groups in total. The third-order valence-corrected chi connectivity index (χ3v) is 4.75. The number of nitrogens with zero attached hydrogens (tertiary/aromatic N) is 4. The molecule has 1 fully saturated rings. The third-order valence-electron chi connectivity index (χ3n) is 4.75. The Morgan fingerprint density at radius 1 is 1.08 bits per heavy atom. The molecule has 0 atom stereocenters. The van der Waals surface area contributed by atoms with Crippen molar-refractivity contribution >= 4 is 17.1 Å². The van der Waals surface area contributed by atoms with Crippen molar-refractivity contribution in [2.45, 2.75) is 44.6 Å². The van der Waals surface area contributed by atoms with Crippen LogP contribution in [0.5, 0.6) is 0 Å². The van der Waals surface area contributed by atoms with Crippen molar-refractivity contribution in [2.24, 2.45) is 0 Å². The summed E-state index contributed by atoms with van der Waals surface area (Å²) in [6.07, 6.45) is 8.79. The molecule has 6 heteroatoms. The van der Waals surface area contributed by atoms with Crippen molar-refractivity contribution in [2.75, 3.05) is 0 Å². The average molecular weight is 335 g/mol. The van der Waals surface area contributed by atoms with E-state index in [2.05, 4.69) is 20.6 Å². The molecule has 0 bridgehead atoms. The highest BCUT2D eigenvalue weighted by molar-refractivity contribution is 5.95. The van der Waals surface area contributed by atoms with E-state index < -0.39 is 0 Å². The fraction of sp³-hybridized carbons (Fsp3) is 0.368. The molecule has 25 heavy (non-hydrogen) atoms. The molecule has 1 aliphatic carbocycles. The topological polar surface area (TPSA) is 72.7 Å². The number of pyridine rings is 1. The van der Waals surface area contributed by atoms with Gasteiger partial charge < -0.3 is 5.32 Å². The summed E-state index contributed by atoms with van der Waals surface area (Å²) in [6.45, 7) is 0. The largest absolute Gasteiger partial charge is 0.349 e. The van der Waals surface area contributed by atoms with Crippen LogP contribution in [-0.2, 0) is 0 Å². The molecule has 6 nitrogen and oxygen atoms in total. The number of benzene rings is 1. The number of carbonyl (C=O) groups excluding carboxylic acids is 1. The van der Waals surface area contributed by atoms with Gasteiger partial charge in [-0.2, -0.15) is 4.68 Å². The number of amides is 1. The summed E-state index contributed by atoms with van der Waals surface area (Å²) in [7, 11) is 0. The second-order valence-electron chi connectivity index (χ2n) is 6.56. The normalized spacial score (nSPS) is 15.8. The van der Waals surface area contributed by atoms with Crippen molar-refractivity contribution in [3.63, 3.8) is 0 Å². The van der Waals surface area contributed by atoms with E-state index in [9.17, 15) is 4.79 Å². The molecule has 128 valence electrons. The molecular weight excluding hydrogens is 314 g/mol. The molecule has 3 aromatic rings. The summed E-state index contributed by atoms with van der Waals surface area (Å²) in [5.74, 6) is -0.0221. The smallest absolute Gasteiger partial charge is 0.251 e. The van der Waals surface area contributed by atoms with Crippen LogP contribution in [0, 0.1) is 0 Å². The summed E-state index contributed by atoms with van der Waals surface area (Å²) in [5.41, 5.74) is 2.84. The number of hydrogen-bond acceptors (Lipinski definition) is 4. The van der Waals surface area contributed by atoms with E-state index in [1.54, 1.807) is 10.9 Å². The van der Waals surface area contributed by atoms with Crippen molar-refractivity contribution in [3.05, 3.63) is 48.2 Å². The second kappa shape index (κ2) is 7.01. The molecule has 1 aliphatic rings. The van der Waals surface area contributed by atoms with Crippen LogP contribution < -0.4 is 5.32 Å². The maximum absolute atomic E-state index is 12.6. The molecule has 1 saturated carbocycles. The van der Waals surface area contributed by atoms with Gasteiger partial charge in [0.25, 0.3) is 5.91 Å². The maximum atomic E-state index is 12.6. The first kappa shape index (κ1) is 15.7. The average Bonchev–Trinajstić information content (AvgIpc) is 2.92. The van der Waals surface area contributed by atoms with Crippen molar-refractivity contribution < 1.29 is 4.79 Å². The Labute approximate surface area is 146 Å². The number of carbonyl (C=O) groups is 1. The zero-order valence-corrected chi connectivity index (χ0v) is 14.1. The highest BCUT2D eigenvalue weighted by Gasteiger charge is 2.16. The van der Waals surface area contributed by atoms with Gasteiger partial charge in [-0.15, -0.1) is 5.10 Å². The highest BCUT2D eigenvalue weighted by atomic mass is 16.1. The van der Waals surface area contributed by atoms with Gasteiger partial charge >= 0.3 is 0 Å². The predicted molar refractivity (Wildman–Crippen MR) is 95.6 cm³/mol. The number of nitrogens with one attached hydrogen (secondary N) is 1. The van der Waals surface area contributed by atoms with Gasteiger partial charge in [-0.05, 0) is 43.2 Å². The lowest BCUT2D eigenvalue weighted by atomic mass is 10.1. The van der Waals surface area contributed by atoms with Gasteiger partial charge in [0.1, 0.15) is 5.52 Å². The summed E-state index contributed by atoms with van der Waals surface area (Å²) in [4.78, 5) is 17.0. The van der Waals surface area contributed by atoms with Gasteiger partial charge in [0.05, 0.1) is 5.69 Å². The molecule has 0 spiro atoms. The third kappa shape index (κ3) is 3.38. The van der Waals surface area contributed by atoms with Gasteiger partial charge in [0.15, 0.2) is 5.65 Å². The van der Waals surface area contributed by atoms with Crippen LogP contribution in [0.1, 0.15) is 48.9 Å². The van der Waals surface area contributed by atoms with Gasteiger partial charge in [-0.25, -0.2) is 4.98 Å². The van der Waals surface area contributed by atoms with E-state index in [0.29, 0.717) is 11.2 Å². The first-order chi connectivity index (χ1) is 12.3. The molecule has 1 amide bonds. The molecule has 0 radical (unpaired) electrons. The van der Waals surface area contributed by atoms with E-state index in [1.807, 2.05) is 36.4 Å². The lowest BCUT2D eigenvalue weighted by Crippen LogP contribution is -2.34. The SMILES string of the molecule is O=C(NC1CCCCCC1)c1cccc(-n2nnc3cccnc32)c1. The Morgan fingerprint density at radius 3 is 2.76 bits per heavy atom. The minimum Gasteiger partial charge on any atom is -0.349 e. The Morgan fingerprint density at radius 2 is 1.92 bits per heavy atom. The first-order valence-electron chi connectivity index (χ1n) is 8.89. The maximum Gasteiger partial charge on any atom is 0.251 e. The molecule has 0 saturated heterocycles. The Balaban J connectivity index is 1.57. The molecule has 4 rings (SSSR count). The quantitative estimate of drug-likeness (QED) is 0.746. The fourth-order valence-corrected chi connectivity index (χ4v) is 3.41. The summed E-state index contributed by atoms with van der Waals surface area (Å²) in [6, 6.07) is 11.4. The van der Waals surface area contributed by atoms with Crippen LogP contribution in [0.2, 0.25) is 0 Å². The monoisotopic (exact) mass is 335 g/mol. The van der Waals surface area contributed by atoms with Crippen LogP contribution in [-0.4, -0.2) is 31.9 Å². The highest BCUT2D eigenvalue weighted by Crippen LogP contribution is 2.19. The Hall–Kier alpha value is -2.76. The van der Waals surface area contributed by atoms with E-state index >= 15 is 0 Å². The lowest BCUT2D eigenvalue weighted by Gasteiger charge is -2.16. The molecule has 2 aromatic heterocycles. The molecule has 1 aromatic carbocycles. The zero-order chi connectivity index (χ0) is 17.1. The number of fused-ring (bicyclic) bond motifs is 1. The van der Waals surface area contributed by atoms with E-state index in [-0.39, 0.29) is 11.9 Å². The molecule has 0 aliphatic heterocycles. The van der Waals surface area contributed by atoms with Crippen LogP contribution >= 0.6 is 0 Å². The Kier molecular flexibility index (Phi) is 4.41. The van der Waals surface area contributed by atoms with Gasteiger partial charge in [-0.3, -0.25) is 4.79 Å². The van der Waals surface area contributed by atoms with Gasteiger partial charge in [-0.1, -0.05) is 37.0 Å². The lowest BCUT2D eigenvalue weighted by molar-refractivity contribution is 0.0933. The minimum absolute atomic E-state index is 0.0221. The molecular formula is C19H21N5O. The Bertz CT molecular complexity index is 880. The predicted octanol–water partition coefficient (Wildman–Crippen LogP) is 3.27. The summed E-state index contributed by atoms with van der Waals surface area (Å²) >= 11 is 0. The van der Waals surface area contributed by atoms with E-state index in [0.717, 1.165) is 24.0 Å². The second-order valence-corrected chi connectivity index (χ2v) is 6.56.